The van der Waals surface area contributed by atoms with Gasteiger partial charge in [0.15, 0.2) is 11.2 Å². The number of halogens is 1. The number of unbranched alkanes of at least 4 members (excludes halogenated alkanes) is 1. The second-order valence-corrected chi connectivity index (χ2v) is 6.02. The number of aromatic amines is 1. The van der Waals surface area contributed by atoms with Crippen molar-refractivity contribution in [2.24, 2.45) is 14.1 Å². The largest absolute Gasteiger partial charge is 0.462 e. The van der Waals surface area contributed by atoms with E-state index in [0.29, 0.717) is 17.6 Å². The molecular weight excluding hydrogens is 336 g/mol. The zero-order valence-electron chi connectivity index (χ0n) is 14.0. The minimum atomic E-state index is -0.480. The van der Waals surface area contributed by atoms with E-state index in [1.54, 1.807) is 18.7 Å². The molecule has 0 radical (unpaired) electrons. The Hall–Kier alpha value is -2.09. The highest BCUT2D eigenvalue weighted by molar-refractivity contribution is 6.26. The van der Waals surface area contributed by atoms with Crippen LogP contribution in [0, 0.1) is 0 Å². The number of aromatic nitrogens is 4. The number of hydrogen-bond donors (Lipinski definition) is 1. The van der Waals surface area contributed by atoms with Crippen LogP contribution in [0.3, 0.4) is 0 Å². The van der Waals surface area contributed by atoms with Gasteiger partial charge in [-0.15, -0.1) is 11.6 Å². The summed E-state index contributed by atoms with van der Waals surface area (Å²) in [5.74, 6) is 0.180. The molecule has 1 atom stereocenters. The average molecular weight is 357 g/mol. The Morgan fingerprint density at radius 2 is 2.00 bits per heavy atom. The van der Waals surface area contributed by atoms with Gasteiger partial charge in [0.2, 0.25) is 0 Å². The maximum atomic E-state index is 11.9. The van der Waals surface area contributed by atoms with Crippen LogP contribution in [0.25, 0.3) is 11.2 Å². The Kier molecular flexibility index (Phi) is 5.82. The van der Waals surface area contributed by atoms with Gasteiger partial charge in [-0.3, -0.25) is 19.1 Å². The number of nitrogens with one attached hydrogen (secondary N) is 1. The second kappa shape index (κ2) is 7.65. The second-order valence-electron chi connectivity index (χ2n) is 5.76. The van der Waals surface area contributed by atoms with E-state index < -0.39 is 17.2 Å². The molecule has 0 aliphatic heterocycles. The number of hydrogen-bond acceptors (Lipinski definition) is 5. The molecule has 0 spiro atoms. The zero-order chi connectivity index (χ0) is 17.9. The number of esters is 1. The summed E-state index contributed by atoms with van der Waals surface area (Å²) in [5.41, 5.74) is -0.148. The van der Waals surface area contributed by atoms with Gasteiger partial charge in [0.25, 0.3) is 5.56 Å². The molecule has 9 heteroatoms. The number of fused-ring (bicyclic) bond motifs is 1. The third-order valence-corrected chi connectivity index (χ3v) is 4.15. The van der Waals surface area contributed by atoms with Gasteiger partial charge in [0.1, 0.15) is 11.7 Å². The van der Waals surface area contributed by atoms with Gasteiger partial charge in [-0.25, -0.2) is 9.78 Å². The van der Waals surface area contributed by atoms with Crippen LogP contribution in [0.1, 0.15) is 32.0 Å². The summed E-state index contributed by atoms with van der Waals surface area (Å²) in [5, 5.41) is 0. The maximum absolute atomic E-state index is 11.9. The van der Waals surface area contributed by atoms with E-state index in [4.69, 9.17) is 16.3 Å². The lowest BCUT2D eigenvalue weighted by Gasteiger charge is -2.11. The number of H-pyrrole nitrogens is 1. The van der Waals surface area contributed by atoms with Crippen LogP contribution in [-0.4, -0.2) is 37.1 Å². The first kappa shape index (κ1) is 18.3. The van der Waals surface area contributed by atoms with Crippen LogP contribution in [0.15, 0.2) is 9.59 Å². The quantitative estimate of drug-likeness (QED) is 0.450. The molecule has 2 heterocycles. The molecule has 0 bridgehead atoms. The third-order valence-electron chi connectivity index (χ3n) is 3.93. The van der Waals surface area contributed by atoms with Crippen molar-refractivity contribution in [3.63, 3.8) is 0 Å². The molecular formula is C15H21ClN4O4. The Bertz CT molecular complexity index is 852. The van der Waals surface area contributed by atoms with E-state index in [2.05, 4.69) is 9.97 Å². The van der Waals surface area contributed by atoms with E-state index >= 15 is 0 Å². The van der Waals surface area contributed by atoms with Gasteiger partial charge in [-0.2, -0.15) is 0 Å². The first-order chi connectivity index (χ1) is 11.3. The molecule has 2 aromatic rings. The number of rotatable bonds is 7. The SMILES string of the molecule is CC(CCCCc1nc2c(c(=O)[nH]c(=O)n2C)n1C)OC(=O)CCl. The lowest BCUT2D eigenvalue weighted by Crippen LogP contribution is -2.29. The smallest absolute Gasteiger partial charge is 0.329 e. The van der Waals surface area contributed by atoms with Crippen molar-refractivity contribution >= 4 is 28.7 Å². The highest BCUT2D eigenvalue weighted by Crippen LogP contribution is 2.13. The van der Waals surface area contributed by atoms with Crippen LogP contribution in [0.2, 0.25) is 0 Å². The van der Waals surface area contributed by atoms with Crippen LogP contribution < -0.4 is 11.2 Å². The zero-order valence-corrected chi connectivity index (χ0v) is 14.7. The number of carbonyl (C=O) groups is 1. The average Bonchev–Trinajstić information content (AvgIpc) is 2.86. The Labute approximate surface area is 143 Å². The molecule has 0 aliphatic rings. The molecule has 2 rings (SSSR count). The van der Waals surface area contributed by atoms with Crippen molar-refractivity contribution in [2.45, 2.75) is 38.7 Å². The van der Waals surface area contributed by atoms with Crippen molar-refractivity contribution < 1.29 is 9.53 Å². The first-order valence-corrected chi connectivity index (χ1v) is 8.28. The van der Waals surface area contributed by atoms with Crippen molar-refractivity contribution in [3.8, 4) is 0 Å². The fourth-order valence-electron chi connectivity index (χ4n) is 2.61. The van der Waals surface area contributed by atoms with E-state index in [0.717, 1.165) is 25.1 Å². The highest BCUT2D eigenvalue weighted by Gasteiger charge is 2.14. The predicted octanol–water partition coefficient (Wildman–Crippen LogP) is 0.844. The Morgan fingerprint density at radius 1 is 1.29 bits per heavy atom. The number of ether oxygens (including phenoxy) is 1. The standard InChI is InChI=1S/C15H21ClN4O4/c1-9(24-11(21)8-16)6-4-5-7-10-17-13-12(19(10)2)14(22)18-15(23)20(13)3/h9H,4-8H2,1-3H3,(H,18,22,23). The van der Waals surface area contributed by atoms with E-state index in [-0.39, 0.29) is 12.0 Å². The summed E-state index contributed by atoms with van der Waals surface area (Å²) in [7, 11) is 3.33. The van der Waals surface area contributed by atoms with E-state index in [1.165, 1.54) is 4.57 Å². The summed E-state index contributed by atoms with van der Waals surface area (Å²) in [6, 6.07) is 0. The molecule has 1 N–H and O–H groups in total. The molecule has 0 fully saturated rings. The minimum Gasteiger partial charge on any atom is -0.462 e. The fourth-order valence-corrected chi connectivity index (χ4v) is 2.67. The number of nitrogens with zero attached hydrogens (tertiary/aromatic N) is 3. The fraction of sp³-hybridized carbons (Fsp3) is 0.600. The van der Waals surface area contributed by atoms with Crippen molar-refractivity contribution in [3.05, 3.63) is 26.7 Å². The molecule has 0 saturated carbocycles. The normalized spacial score (nSPS) is 12.5. The topological polar surface area (TPSA) is 99.0 Å². The molecule has 2 aromatic heterocycles. The lowest BCUT2D eigenvalue weighted by atomic mass is 10.1. The number of imidazole rings is 1. The summed E-state index contributed by atoms with van der Waals surface area (Å²) in [6.07, 6.45) is 2.88. The Balaban J connectivity index is 2.01. The van der Waals surface area contributed by atoms with E-state index in [1.807, 2.05) is 6.92 Å². The molecule has 8 nitrogen and oxygen atoms in total. The molecule has 1 unspecified atom stereocenters. The van der Waals surface area contributed by atoms with E-state index in [9.17, 15) is 14.4 Å². The molecule has 132 valence electrons. The maximum Gasteiger partial charge on any atom is 0.329 e. The summed E-state index contributed by atoms with van der Waals surface area (Å²) in [4.78, 5) is 41.3. The minimum absolute atomic E-state index is 0.141. The van der Waals surface area contributed by atoms with Crippen LogP contribution in [-0.2, 0) is 30.0 Å². The van der Waals surface area contributed by atoms with Gasteiger partial charge < -0.3 is 9.30 Å². The van der Waals surface area contributed by atoms with Crippen LogP contribution >= 0.6 is 11.6 Å². The Morgan fingerprint density at radius 3 is 2.67 bits per heavy atom. The summed E-state index contributed by atoms with van der Waals surface area (Å²) < 4.78 is 8.13. The van der Waals surface area contributed by atoms with Crippen LogP contribution in [0.5, 0.6) is 0 Å². The highest BCUT2D eigenvalue weighted by atomic mass is 35.5. The third kappa shape index (κ3) is 3.87. The van der Waals surface area contributed by atoms with Gasteiger partial charge in [-0.1, -0.05) is 0 Å². The number of carbonyl (C=O) groups excluding carboxylic acids is 1. The van der Waals surface area contributed by atoms with Crippen molar-refractivity contribution in [1.82, 2.24) is 19.1 Å². The lowest BCUT2D eigenvalue weighted by molar-refractivity contribution is -0.145. The molecule has 24 heavy (non-hydrogen) atoms. The molecule has 0 aromatic carbocycles. The monoisotopic (exact) mass is 356 g/mol. The van der Waals surface area contributed by atoms with Gasteiger partial charge in [-0.05, 0) is 26.2 Å². The number of aryl methyl sites for hydroxylation is 3. The summed E-state index contributed by atoms with van der Waals surface area (Å²) >= 11 is 5.39. The first-order valence-electron chi connectivity index (χ1n) is 7.75. The molecule has 0 saturated heterocycles. The van der Waals surface area contributed by atoms with Gasteiger partial charge in [0.05, 0.1) is 6.10 Å². The van der Waals surface area contributed by atoms with Gasteiger partial charge in [0, 0.05) is 20.5 Å². The van der Waals surface area contributed by atoms with Crippen LogP contribution in [0.4, 0.5) is 0 Å². The molecule has 0 amide bonds. The predicted molar refractivity (Wildman–Crippen MR) is 90.4 cm³/mol. The molecule has 0 aliphatic carbocycles. The van der Waals surface area contributed by atoms with Crippen molar-refractivity contribution in [1.29, 1.82) is 0 Å². The van der Waals surface area contributed by atoms with Gasteiger partial charge >= 0.3 is 11.7 Å². The summed E-state index contributed by atoms with van der Waals surface area (Å²) in [6.45, 7) is 1.83. The van der Waals surface area contributed by atoms with Crippen molar-refractivity contribution in [2.75, 3.05) is 5.88 Å². The number of alkyl halides is 1.